The minimum absolute atomic E-state index is 0.278. The summed E-state index contributed by atoms with van der Waals surface area (Å²) < 4.78 is 0. The number of hydrogen-bond acceptors (Lipinski definition) is 2. The zero-order valence-corrected chi connectivity index (χ0v) is 9.01. The molecule has 1 unspecified atom stereocenters. The third-order valence-electron chi connectivity index (χ3n) is 2.84. The second kappa shape index (κ2) is 4.30. The molecule has 4 heteroatoms. The molecule has 1 fully saturated rings. The van der Waals surface area contributed by atoms with E-state index in [1.54, 1.807) is 24.3 Å². The average molecular weight is 228 g/mol. The summed E-state index contributed by atoms with van der Waals surface area (Å²) in [6.45, 7) is 0.480. The van der Waals surface area contributed by atoms with Crippen molar-refractivity contribution < 1.29 is 14.7 Å². The maximum atomic E-state index is 11.9. The molecule has 1 aromatic rings. The first-order valence-electron chi connectivity index (χ1n) is 5.20. The summed E-state index contributed by atoms with van der Waals surface area (Å²) >= 11 is 0. The molecule has 1 saturated heterocycles. The Morgan fingerprint density at radius 2 is 2.00 bits per heavy atom. The molecule has 17 heavy (non-hydrogen) atoms. The van der Waals surface area contributed by atoms with Crippen LogP contribution in [-0.4, -0.2) is 34.5 Å². The largest absolute Gasteiger partial charge is 0.480 e. The van der Waals surface area contributed by atoms with Gasteiger partial charge in [-0.2, -0.15) is 0 Å². The molecule has 4 nitrogen and oxygen atoms in total. The number of likely N-dealkylation sites (tertiary alicyclic amines) is 1. The lowest BCUT2D eigenvalue weighted by Gasteiger charge is -2.37. The van der Waals surface area contributed by atoms with Crippen molar-refractivity contribution in [1.82, 2.24) is 4.90 Å². The van der Waals surface area contributed by atoms with Crippen molar-refractivity contribution in [2.24, 2.45) is 0 Å². The molecular weight excluding hydrogens is 218 g/mol. The van der Waals surface area contributed by atoms with E-state index in [9.17, 15) is 9.59 Å². The van der Waals surface area contributed by atoms with Crippen LogP contribution in [0.2, 0.25) is 0 Å². The Balaban J connectivity index is 2.15. The summed E-state index contributed by atoms with van der Waals surface area (Å²) in [5, 5.41) is 8.85. The first-order chi connectivity index (χ1) is 8.13. The molecule has 1 radical (unpaired) electrons. The monoisotopic (exact) mass is 228 g/mol. The van der Waals surface area contributed by atoms with E-state index in [0.29, 0.717) is 24.1 Å². The molecule has 0 bridgehead atoms. The zero-order valence-electron chi connectivity index (χ0n) is 9.01. The molecule has 1 aliphatic rings. The van der Waals surface area contributed by atoms with Gasteiger partial charge in [-0.25, -0.2) is 4.79 Å². The predicted molar refractivity (Wildman–Crippen MR) is 59.8 cm³/mol. The summed E-state index contributed by atoms with van der Waals surface area (Å²) in [7, 11) is 0. The van der Waals surface area contributed by atoms with Gasteiger partial charge in [0.05, 0.1) is 0 Å². The van der Waals surface area contributed by atoms with Gasteiger partial charge in [0.15, 0.2) is 0 Å². The highest BCUT2D eigenvalue weighted by molar-refractivity contribution is 5.97. The number of amides is 1. The van der Waals surface area contributed by atoms with Gasteiger partial charge in [0.1, 0.15) is 6.04 Å². The lowest BCUT2D eigenvalue weighted by atomic mass is 10.0. The second-order valence-corrected chi connectivity index (χ2v) is 3.84. The smallest absolute Gasteiger partial charge is 0.326 e. The first-order valence-corrected chi connectivity index (χ1v) is 5.20. The lowest BCUT2D eigenvalue weighted by Crippen LogP contribution is -2.55. The molecule has 1 amide bonds. The highest BCUT2D eigenvalue weighted by atomic mass is 16.4. The maximum Gasteiger partial charge on any atom is 0.326 e. The Morgan fingerprint density at radius 1 is 1.35 bits per heavy atom. The lowest BCUT2D eigenvalue weighted by molar-refractivity contribution is -0.146. The molecule has 0 spiro atoms. The molecule has 0 saturated carbocycles. The average Bonchev–Trinajstić information content (AvgIpc) is 2.27. The van der Waals surface area contributed by atoms with Crippen molar-refractivity contribution >= 4 is 11.9 Å². The minimum atomic E-state index is -0.964. The molecule has 0 aliphatic carbocycles. The predicted octanol–water partition coefficient (Wildman–Crippen LogP) is 0.924. The summed E-state index contributed by atoms with van der Waals surface area (Å²) in [4.78, 5) is 24.1. The van der Waals surface area contributed by atoms with Crippen LogP contribution in [0.25, 0.3) is 0 Å². The van der Waals surface area contributed by atoms with Crippen LogP contribution in [0.3, 0.4) is 0 Å². The maximum absolute atomic E-state index is 11.9. The summed E-state index contributed by atoms with van der Waals surface area (Å²) in [6, 6.07) is 5.68. The van der Waals surface area contributed by atoms with Gasteiger partial charge in [-0.3, -0.25) is 4.79 Å². The van der Waals surface area contributed by atoms with Crippen molar-refractivity contribution in [3.05, 3.63) is 41.8 Å². The molecule has 2 rings (SSSR count). The van der Waals surface area contributed by atoms with Crippen molar-refractivity contribution in [1.29, 1.82) is 0 Å². The highest BCUT2D eigenvalue weighted by Gasteiger charge is 2.37. The fourth-order valence-electron chi connectivity index (χ4n) is 1.75. The number of carbonyl (C=O) groups excluding carboxylic acids is 1. The normalized spacial score (nSPS) is 18.1. The number of aliphatic carboxylic acids is 1. The van der Waals surface area contributed by atoms with Crippen LogP contribution in [0.15, 0.2) is 24.3 Å². The number of carboxylic acid groups (broad SMARTS) is 1. The number of rotatable bonds is 2. The number of hydrogen-bond donors (Lipinski definition) is 1. The van der Waals surface area contributed by atoms with Crippen LogP contribution in [0.5, 0.6) is 0 Å². The molecule has 0 aromatic heterocycles. The molecule has 1 aromatic carbocycles. The van der Waals surface area contributed by atoms with Gasteiger partial charge >= 0.3 is 5.97 Å². The Bertz CT molecular complexity index is 498. The van der Waals surface area contributed by atoms with E-state index < -0.39 is 12.0 Å². The van der Waals surface area contributed by atoms with Crippen molar-refractivity contribution in [2.45, 2.75) is 12.5 Å². The van der Waals surface area contributed by atoms with E-state index in [2.05, 4.69) is 5.92 Å². The number of benzene rings is 1. The fraction of sp³-hybridized carbons (Fsp3) is 0.231. The van der Waals surface area contributed by atoms with E-state index in [-0.39, 0.29) is 5.91 Å². The van der Waals surface area contributed by atoms with E-state index in [1.165, 1.54) is 4.90 Å². The standard InChI is InChI=1S/C13H10NO3/c1-2-9-3-5-10(6-4-9)12(15)14-8-7-11(14)13(16)17/h3-6,11H,7-8H2,(H,16,17). The van der Waals surface area contributed by atoms with Gasteiger partial charge in [-0.05, 0) is 37.1 Å². The molecule has 85 valence electrons. The molecule has 1 N–H and O–H groups in total. The van der Waals surface area contributed by atoms with Gasteiger partial charge in [-0.1, -0.05) is 5.92 Å². The van der Waals surface area contributed by atoms with Gasteiger partial charge in [0.2, 0.25) is 0 Å². The van der Waals surface area contributed by atoms with E-state index in [1.807, 2.05) is 0 Å². The number of carbonyl (C=O) groups is 2. The van der Waals surface area contributed by atoms with Crippen molar-refractivity contribution in [3.63, 3.8) is 0 Å². The van der Waals surface area contributed by atoms with Crippen LogP contribution in [0.4, 0.5) is 0 Å². The Hall–Kier alpha value is -2.28. The van der Waals surface area contributed by atoms with Crippen LogP contribution in [0.1, 0.15) is 22.3 Å². The van der Waals surface area contributed by atoms with E-state index in [4.69, 9.17) is 11.5 Å². The number of carboxylic acids is 1. The van der Waals surface area contributed by atoms with Gasteiger partial charge in [-0.15, -0.1) is 0 Å². The Labute approximate surface area is 98.9 Å². The molecular formula is C13H10NO3. The van der Waals surface area contributed by atoms with Gasteiger partial charge < -0.3 is 10.0 Å². The summed E-state index contributed by atoms with van der Waals surface area (Å²) in [5.41, 5.74) is 1.02. The second-order valence-electron chi connectivity index (χ2n) is 3.84. The zero-order chi connectivity index (χ0) is 12.4. The van der Waals surface area contributed by atoms with Crippen LogP contribution in [-0.2, 0) is 4.79 Å². The first kappa shape index (κ1) is 11.2. The van der Waals surface area contributed by atoms with Crippen LogP contribution >= 0.6 is 0 Å². The van der Waals surface area contributed by atoms with Crippen molar-refractivity contribution in [3.8, 4) is 5.92 Å². The van der Waals surface area contributed by atoms with E-state index >= 15 is 0 Å². The topological polar surface area (TPSA) is 57.6 Å². The third kappa shape index (κ3) is 2.00. The molecule has 1 aliphatic heterocycles. The SMILES string of the molecule is [C]#Cc1ccc(C(=O)N2CCC2C(=O)O)cc1. The Kier molecular flexibility index (Phi) is 2.84. The van der Waals surface area contributed by atoms with Crippen LogP contribution in [0, 0.1) is 12.3 Å². The van der Waals surface area contributed by atoms with E-state index in [0.717, 1.165) is 0 Å². The highest BCUT2D eigenvalue weighted by Crippen LogP contribution is 2.20. The third-order valence-corrected chi connectivity index (χ3v) is 2.84. The van der Waals surface area contributed by atoms with Crippen molar-refractivity contribution in [2.75, 3.05) is 6.54 Å². The van der Waals surface area contributed by atoms with Crippen LogP contribution < -0.4 is 0 Å². The Morgan fingerprint density at radius 3 is 2.41 bits per heavy atom. The molecule has 1 heterocycles. The quantitative estimate of drug-likeness (QED) is 0.766. The summed E-state index contributed by atoms with van der Waals surface area (Å²) in [5.74, 6) is 0.967. The van der Waals surface area contributed by atoms with Gasteiger partial charge in [0.25, 0.3) is 5.91 Å². The molecule has 1 atom stereocenters. The fourth-order valence-corrected chi connectivity index (χ4v) is 1.75. The minimum Gasteiger partial charge on any atom is -0.480 e. The van der Waals surface area contributed by atoms with Gasteiger partial charge in [0, 0.05) is 17.7 Å². The number of nitrogens with zero attached hydrogens (tertiary/aromatic N) is 1. The summed E-state index contributed by atoms with van der Waals surface area (Å²) in [6.07, 6.45) is 7.43.